The highest BCUT2D eigenvalue weighted by Gasteiger charge is 2.65. The molecule has 0 spiro atoms. The van der Waals surface area contributed by atoms with Crippen LogP contribution in [0.4, 0.5) is 20.2 Å². The molecular formula is C30H27F2N3O5. The third-order valence-electron chi connectivity index (χ3n) is 7.14. The van der Waals surface area contributed by atoms with Gasteiger partial charge < -0.3 is 24.8 Å². The first-order chi connectivity index (χ1) is 19.1. The summed E-state index contributed by atoms with van der Waals surface area (Å²) < 4.78 is 44.8. The largest absolute Gasteiger partial charge is 0.493 e. The van der Waals surface area contributed by atoms with E-state index in [1.54, 1.807) is 38.2 Å². The van der Waals surface area contributed by atoms with Crippen LogP contribution >= 0.6 is 0 Å². The van der Waals surface area contributed by atoms with E-state index < -0.39 is 34.8 Å². The number of nitrogens with one attached hydrogen (secondary N) is 2. The fourth-order valence-corrected chi connectivity index (χ4v) is 4.90. The van der Waals surface area contributed by atoms with Gasteiger partial charge >= 0.3 is 0 Å². The van der Waals surface area contributed by atoms with Gasteiger partial charge in [0.05, 0.1) is 37.3 Å². The number of ether oxygens (including phenoxy) is 3. The first-order valence-electron chi connectivity index (χ1n) is 12.5. The Morgan fingerprint density at radius 3 is 2.12 bits per heavy atom. The summed E-state index contributed by atoms with van der Waals surface area (Å²) in [6, 6.07) is 14.5. The number of aromatic nitrogens is 1. The Morgan fingerprint density at radius 1 is 0.825 bits per heavy atom. The van der Waals surface area contributed by atoms with Crippen molar-refractivity contribution >= 4 is 34.1 Å². The highest BCUT2D eigenvalue weighted by Crippen LogP contribution is 2.59. The maximum absolute atomic E-state index is 15.0. The minimum atomic E-state index is -0.700. The van der Waals surface area contributed by atoms with Crippen LogP contribution in [-0.2, 0) is 9.59 Å². The van der Waals surface area contributed by atoms with E-state index in [1.165, 1.54) is 56.7 Å². The number of benzene rings is 3. The second-order valence-electron chi connectivity index (χ2n) is 10.0. The van der Waals surface area contributed by atoms with Crippen molar-refractivity contribution in [3.63, 3.8) is 0 Å². The SMILES string of the molecule is COc1cc2nccc(Oc3ccc(NC(=O)[C@H]4[C@@H](C(=O)Nc5ccc(F)cc5)C4(C)C)c(F)c3)c2cc1OC. The molecule has 0 aliphatic heterocycles. The Morgan fingerprint density at radius 2 is 1.48 bits per heavy atom. The van der Waals surface area contributed by atoms with Crippen LogP contribution in [0.25, 0.3) is 10.9 Å². The quantitative estimate of drug-likeness (QED) is 0.274. The van der Waals surface area contributed by atoms with Crippen LogP contribution in [0, 0.1) is 28.9 Å². The molecule has 2 atom stereocenters. The zero-order valence-electron chi connectivity index (χ0n) is 22.2. The molecule has 0 unspecified atom stereocenters. The zero-order valence-corrected chi connectivity index (χ0v) is 22.2. The summed E-state index contributed by atoms with van der Waals surface area (Å²) >= 11 is 0. The second kappa shape index (κ2) is 10.4. The molecule has 0 saturated heterocycles. The summed E-state index contributed by atoms with van der Waals surface area (Å²) in [4.78, 5) is 30.2. The summed E-state index contributed by atoms with van der Waals surface area (Å²) in [6.45, 7) is 3.59. The summed E-state index contributed by atoms with van der Waals surface area (Å²) in [5, 5.41) is 5.94. The van der Waals surface area contributed by atoms with E-state index in [0.29, 0.717) is 33.8 Å². The first-order valence-corrected chi connectivity index (χ1v) is 12.5. The van der Waals surface area contributed by atoms with Gasteiger partial charge in [-0.25, -0.2) is 8.78 Å². The summed E-state index contributed by atoms with van der Waals surface area (Å²) in [5.74, 6) is -1.61. The van der Waals surface area contributed by atoms with Crippen molar-refractivity contribution < 1.29 is 32.6 Å². The molecule has 1 heterocycles. The molecule has 2 N–H and O–H groups in total. The number of hydrogen-bond acceptors (Lipinski definition) is 6. The number of halogens is 2. The molecule has 2 amide bonds. The lowest BCUT2D eigenvalue weighted by Crippen LogP contribution is -2.21. The van der Waals surface area contributed by atoms with Crippen molar-refractivity contribution in [2.45, 2.75) is 13.8 Å². The normalized spacial score (nSPS) is 17.1. The molecule has 1 aliphatic rings. The Labute approximate surface area is 229 Å². The number of amides is 2. The molecule has 1 saturated carbocycles. The van der Waals surface area contributed by atoms with Crippen molar-refractivity contribution in [3.8, 4) is 23.0 Å². The Hall–Kier alpha value is -4.73. The van der Waals surface area contributed by atoms with E-state index in [9.17, 15) is 14.0 Å². The minimum Gasteiger partial charge on any atom is -0.493 e. The molecule has 0 bridgehead atoms. The number of nitrogens with zero attached hydrogens (tertiary/aromatic N) is 1. The number of methoxy groups -OCH3 is 2. The average molecular weight is 548 g/mol. The predicted molar refractivity (Wildman–Crippen MR) is 146 cm³/mol. The van der Waals surface area contributed by atoms with Crippen molar-refractivity contribution in [2.24, 2.45) is 17.3 Å². The van der Waals surface area contributed by atoms with E-state index in [4.69, 9.17) is 14.2 Å². The molecule has 3 aromatic carbocycles. The lowest BCUT2D eigenvalue weighted by Gasteiger charge is -2.13. The molecule has 206 valence electrons. The number of carbonyl (C=O) groups excluding carboxylic acids is 2. The molecule has 5 rings (SSSR count). The van der Waals surface area contributed by atoms with Crippen LogP contribution < -0.4 is 24.8 Å². The van der Waals surface area contributed by atoms with E-state index in [1.807, 2.05) is 0 Å². The Balaban J connectivity index is 1.29. The number of pyridine rings is 1. The van der Waals surface area contributed by atoms with Gasteiger partial charge in [0.25, 0.3) is 0 Å². The fourth-order valence-electron chi connectivity index (χ4n) is 4.90. The monoisotopic (exact) mass is 547 g/mol. The van der Waals surface area contributed by atoms with Crippen molar-refractivity contribution in [1.82, 2.24) is 4.98 Å². The van der Waals surface area contributed by atoms with Crippen LogP contribution in [0.1, 0.15) is 13.8 Å². The van der Waals surface area contributed by atoms with Crippen LogP contribution in [0.2, 0.25) is 0 Å². The lowest BCUT2D eigenvalue weighted by atomic mass is 10.1. The summed E-state index contributed by atoms with van der Waals surface area (Å²) in [7, 11) is 3.05. The van der Waals surface area contributed by atoms with Gasteiger partial charge in [-0.3, -0.25) is 14.6 Å². The van der Waals surface area contributed by atoms with E-state index in [-0.39, 0.29) is 17.3 Å². The summed E-state index contributed by atoms with van der Waals surface area (Å²) in [5.41, 5.74) is 0.350. The van der Waals surface area contributed by atoms with Gasteiger partial charge in [0.2, 0.25) is 11.8 Å². The van der Waals surface area contributed by atoms with Gasteiger partial charge in [-0.15, -0.1) is 0 Å². The summed E-state index contributed by atoms with van der Waals surface area (Å²) in [6.07, 6.45) is 1.56. The zero-order chi connectivity index (χ0) is 28.6. The van der Waals surface area contributed by atoms with Crippen LogP contribution in [0.3, 0.4) is 0 Å². The number of hydrogen-bond donors (Lipinski definition) is 2. The third-order valence-corrected chi connectivity index (χ3v) is 7.14. The smallest absolute Gasteiger partial charge is 0.228 e. The number of rotatable bonds is 8. The molecule has 1 aromatic heterocycles. The van der Waals surface area contributed by atoms with Gasteiger partial charge in [-0.05, 0) is 53.9 Å². The van der Waals surface area contributed by atoms with E-state index in [0.717, 1.165) is 0 Å². The van der Waals surface area contributed by atoms with Crippen molar-refractivity contribution in [1.29, 1.82) is 0 Å². The van der Waals surface area contributed by atoms with E-state index >= 15 is 4.39 Å². The molecule has 1 fully saturated rings. The van der Waals surface area contributed by atoms with Crippen molar-refractivity contribution in [2.75, 3.05) is 24.9 Å². The topological polar surface area (TPSA) is 98.8 Å². The first kappa shape index (κ1) is 26.9. The van der Waals surface area contributed by atoms with Crippen LogP contribution in [-0.4, -0.2) is 31.0 Å². The maximum Gasteiger partial charge on any atom is 0.228 e. The average Bonchev–Trinajstić information content (AvgIpc) is 3.52. The van der Waals surface area contributed by atoms with Gasteiger partial charge in [0, 0.05) is 29.4 Å². The third kappa shape index (κ3) is 5.12. The van der Waals surface area contributed by atoms with Gasteiger partial charge in [-0.2, -0.15) is 0 Å². The van der Waals surface area contributed by atoms with Gasteiger partial charge in [0.15, 0.2) is 11.5 Å². The molecule has 8 nitrogen and oxygen atoms in total. The second-order valence-corrected chi connectivity index (χ2v) is 10.0. The lowest BCUT2D eigenvalue weighted by molar-refractivity contribution is -0.122. The maximum atomic E-state index is 15.0. The highest BCUT2D eigenvalue weighted by molar-refractivity contribution is 6.04. The molecule has 10 heteroatoms. The van der Waals surface area contributed by atoms with Crippen LogP contribution in [0.15, 0.2) is 66.9 Å². The molecule has 0 radical (unpaired) electrons. The Bertz CT molecular complexity index is 1610. The fraction of sp³-hybridized carbons (Fsp3) is 0.233. The van der Waals surface area contributed by atoms with Gasteiger partial charge in [-0.1, -0.05) is 13.8 Å². The van der Waals surface area contributed by atoms with E-state index in [2.05, 4.69) is 15.6 Å². The Kier molecular flexibility index (Phi) is 7.01. The highest BCUT2D eigenvalue weighted by atomic mass is 19.1. The molecule has 1 aliphatic carbocycles. The number of fused-ring (bicyclic) bond motifs is 1. The number of carbonyl (C=O) groups is 2. The van der Waals surface area contributed by atoms with Crippen molar-refractivity contribution in [3.05, 3.63) is 78.5 Å². The standard InChI is InChI=1S/C30H27F2N3O5/c1-30(2)26(28(36)34-17-7-5-16(31)6-8-17)27(30)29(37)35-21-10-9-18(13-20(21)32)40-23-11-12-33-22-15-25(39-4)24(38-3)14-19(22)23/h5-15,26-27H,1-4H3,(H,34,36)(H,35,37)/t26-,27+/m0/s1. The van der Waals surface area contributed by atoms with Gasteiger partial charge in [0.1, 0.15) is 23.1 Å². The molecule has 4 aromatic rings. The minimum absolute atomic E-state index is 0.0382. The van der Waals surface area contributed by atoms with Crippen LogP contribution in [0.5, 0.6) is 23.0 Å². The molecular weight excluding hydrogens is 520 g/mol. The predicted octanol–water partition coefficient (Wildman–Crippen LogP) is 6.17. The number of anilines is 2. The molecule has 40 heavy (non-hydrogen) atoms.